The highest BCUT2D eigenvalue weighted by Gasteiger charge is 2.36. The summed E-state index contributed by atoms with van der Waals surface area (Å²) in [5.41, 5.74) is 1.88. The van der Waals surface area contributed by atoms with Crippen LogP contribution in [-0.4, -0.2) is 56.8 Å². The van der Waals surface area contributed by atoms with Crippen molar-refractivity contribution in [2.75, 3.05) is 39.9 Å². The average molecular weight is 521 g/mol. The molecule has 1 saturated carbocycles. The molecule has 1 unspecified atom stereocenters. The highest BCUT2D eigenvalue weighted by molar-refractivity contribution is 14.0. The number of thiophene rings is 1. The van der Waals surface area contributed by atoms with Crippen LogP contribution in [0.1, 0.15) is 50.0 Å². The van der Waals surface area contributed by atoms with Crippen molar-refractivity contribution >= 4 is 41.3 Å². The summed E-state index contributed by atoms with van der Waals surface area (Å²) in [5, 5.41) is 9.23. The molecule has 1 fully saturated rings. The summed E-state index contributed by atoms with van der Waals surface area (Å²) in [7, 11) is 1.79. The Labute approximate surface area is 191 Å². The second-order valence-corrected chi connectivity index (χ2v) is 9.11. The van der Waals surface area contributed by atoms with E-state index in [0.717, 1.165) is 51.7 Å². The number of ether oxygens (including phenoxy) is 1. The molecule has 160 valence electrons. The van der Waals surface area contributed by atoms with Gasteiger partial charge in [0.25, 0.3) is 0 Å². The van der Waals surface area contributed by atoms with Gasteiger partial charge in [-0.2, -0.15) is 0 Å². The van der Waals surface area contributed by atoms with Crippen molar-refractivity contribution in [3.63, 3.8) is 0 Å². The first-order valence-corrected chi connectivity index (χ1v) is 11.3. The maximum absolute atomic E-state index is 5.31. The Morgan fingerprint density at radius 2 is 2.21 bits per heavy atom. The fraction of sp³-hybridized carbons (Fsp3) is 0.762. The first-order chi connectivity index (χ1) is 13.2. The first-order valence-electron chi connectivity index (χ1n) is 10.5. The third-order valence-corrected chi connectivity index (χ3v) is 7.22. The van der Waals surface area contributed by atoms with Crippen LogP contribution in [0.5, 0.6) is 0 Å². The van der Waals surface area contributed by atoms with Crippen LogP contribution in [0, 0.1) is 5.41 Å². The minimum absolute atomic E-state index is 0. The topological polar surface area (TPSA) is 48.9 Å². The molecule has 1 aromatic rings. The lowest BCUT2D eigenvalue weighted by atomic mass is 9.67. The van der Waals surface area contributed by atoms with E-state index >= 15 is 0 Å². The van der Waals surface area contributed by atoms with E-state index in [1.807, 2.05) is 11.3 Å². The minimum Gasteiger partial charge on any atom is -0.385 e. The zero-order valence-electron chi connectivity index (χ0n) is 17.6. The molecular weight excluding hydrogens is 483 g/mol. The summed E-state index contributed by atoms with van der Waals surface area (Å²) in [5.74, 6) is 0.960. The van der Waals surface area contributed by atoms with Gasteiger partial charge >= 0.3 is 0 Å². The van der Waals surface area contributed by atoms with E-state index < -0.39 is 0 Å². The van der Waals surface area contributed by atoms with E-state index in [1.54, 1.807) is 12.0 Å². The quantitative estimate of drug-likeness (QED) is 0.295. The smallest absolute Gasteiger partial charge is 0.191 e. The molecule has 0 saturated heterocycles. The summed E-state index contributed by atoms with van der Waals surface area (Å²) >= 11 is 1.91. The Bertz CT molecular complexity index is 617. The normalized spacial score (nSPS) is 19.9. The molecule has 1 atom stereocenters. The summed E-state index contributed by atoms with van der Waals surface area (Å²) < 4.78 is 5.31. The van der Waals surface area contributed by atoms with Gasteiger partial charge in [-0.15, -0.1) is 35.3 Å². The van der Waals surface area contributed by atoms with Gasteiger partial charge in [0, 0.05) is 57.4 Å². The van der Waals surface area contributed by atoms with Gasteiger partial charge in [0.2, 0.25) is 0 Å². The number of fused-ring (bicyclic) bond motifs is 1. The highest BCUT2D eigenvalue weighted by atomic mass is 127. The van der Waals surface area contributed by atoms with Crippen molar-refractivity contribution in [1.82, 2.24) is 15.5 Å². The lowest BCUT2D eigenvalue weighted by Crippen LogP contribution is -2.47. The van der Waals surface area contributed by atoms with Gasteiger partial charge in [-0.25, -0.2) is 0 Å². The summed E-state index contributed by atoms with van der Waals surface area (Å²) in [6, 6.07) is 2.78. The maximum atomic E-state index is 5.31. The monoisotopic (exact) mass is 520 g/mol. The highest BCUT2D eigenvalue weighted by Crippen LogP contribution is 2.44. The van der Waals surface area contributed by atoms with Crippen molar-refractivity contribution < 1.29 is 4.74 Å². The first kappa shape index (κ1) is 23.9. The van der Waals surface area contributed by atoms with E-state index in [1.165, 1.54) is 31.2 Å². The number of aliphatic imine (C=N–C) groups is 1. The van der Waals surface area contributed by atoms with Gasteiger partial charge < -0.3 is 15.4 Å². The Hall–Kier alpha value is -0.380. The number of rotatable bonds is 9. The fourth-order valence-corrected chi connectivity index (χ4v) is 4.98. The Kier molecular flexibility index (Phi) is 10.00. The molecule has 0 aromatic carbocycles. The van der Waals surface area contributed by atoms with Crippen LogP contribution in [0.3, 0.4) is 0 Å². The van der Waals surface area contributed by atoms with Crippen LogP contribution in [0.15, 0.2) is 16.4 Å². The number of nitrogens with zero attached hydrogens (tertiary/aromatic N) is 2. The number of guanidine groups is 1. The molecule has 2 heterocycles. The number of hydrogen-bond donors (Lipinski definition) is 2. The number of halogens is 1. The number of methoxy groups -OCH3 is 1. The summed E-state index contributed by atoms with van der Waals surface area (Å²) in [4.78, 5) is 9.08. The number of nitrogens with one attached hydrogen (secondary N) is 2. The van der Waals surface area contributed by atoms with E-state index in [-0.39, 0.29) is 24.0 Å². The number of hydrogen-bond acceptors (Lipinski definition) is 4. The summed E-state index contributed by atoms with van der Waals surface area (Å²) in [6.07, 6.45) is 6.21. The lowest BCUT2D eigenvalue weighted by Gasteiger charge is -2.41. The predicted octanol–water partition coefficient (Wildman–Crippen LogP) is 3.87. The molecule has 0 spiro atoms. The molecule has 2 N–H and O–H groups in total. The van der Waals surface area contributed by atoms with Gasteiger partial charge in [0.1, 0.15) is 0 Å². The molecule has 0 bridgehead atoms. The van der Waals surface area contributed by atoms with Crippen molar-refractivity contribution in [1.29, 1.82) is 0 Å². The molecule has 5 nitrogen and oxygen atoms in total. The van der Waals surface area contributed by atoms with Crippen LogP contribution in [0.4, 0.5) is 0 Å². The molecule has 7 heteroatoms. The maximum Gasteiger partial charge on any atom is 0.191 e. The molecule has 1 aliphatic heterocycles. The van der Waals surface area contributed by atoms with Gasteiger partial charge in [-0.05, 0) is 62.0 Å². The van der Waals surface area contributed by atoms with E-state index in [2.05, 4.69) is 40.8 Å². The molecule has 28 heavy (non-hydrogen) atoms. The fourth-order valence-electron chi connectivity index (χ4n) is 4.09. The van der Waals surface area contributed by atoms with E-state index in [9.17, 15) is 0 Å². The molecule has 0 radical (unpaired) electrons. The van der Waals surface area contributed by atoms with Crippen LogP contribution in [-0.2, 0) is 17.7 Å². The van der Waals surface area contributed by atoms with Crippen LogP contribution in [0.2, 0.25) is 0 Å². The lowest BCUT2D eigenvalue weighted by molar-refractivity contribution is 0.0778. The van der Waals surface area contributed by atoms with Crippen molar-refractivity contribution in [3.05, 3.63) is 21.9 Å². The average Bonchev–Trinajstić information content (AvgIpc) is 3.12. The Morgan fingerprint density at radius 3 is 2.89 bits per heavy atom. The molecule has 2 aliphatic rings. The van der Waals surface area contributed by atoms with Crippen LogP contribution in [0.25, 0.3) is 0 Å². The second-order valence-electron chi connectivity index (χ2n) is 8.11. The zero-order valence-corrected chi connectivity index (χ0v) is 20.8. The van der Waals surface area contributed by atoms with Gasteiger partial charge in [-0.3, -0.25) is 9.89 Å². The van der Waals surface area contributed by atoms with Gasteiger partial charge in [-0.1, -0.05) is 6.42 Å². The van der Waals surface area contributed by atoms with Crippen LogP contribution < -0.4 is 10.6 Å². The molecular formula is C21H37IN4OS. The summed E-state index contributed by atoms with van der Waals surface area (Å²) in [6.45, 7) is 10.3. The largest absolute Gasteiger partial charge is 0.385 e. The van der Waals surface area contributed by atoms with E-state index in [0.29, 0.717) is 11.5 Å². The SMILES string of the molecule is CCNC(=NCC1(CCOC)CCC1)NCC(C)N1CCc2sccc2C1.I. The van der Waals surface area contributed by atoms with Crippen molar-refractivity contribution in [2.24, 2.45) is 10.4 Å². The van der Waals surface area contributed by atoms with Gasteiger partial charge in [0.15, 0.2) is 5.96 Å². The van der Waals surface area contributed by atoms with Gasteiger partial charge in [0.05, 0.1) is 0 Å². The third kappa shape index (κ3) is 6.31. The predicted molar refractivity (Wildman–Crippen MR) is 130 cm³/mol. The standard InChI is InChI=1S/C21H36N4OS.HI/c1-4-22-20(24-16-21(8-5-9-21)10-12-26-3)23-14-17(2)25-11-6-19-18(15-25)7-13-27-19;/h7,13,17H,4-6,8-12,14-16H2,1-3H3,(H2,22,23,24);1H. The molecule has 0 amide bonds. The Morgan fingerprint density at radius 1 is 1.39 bits per heavy atom. The third-order valence-electron chi connectivity index (χ3n) is 6.19. The molecule has 3 rings (SSSR count). The Balaban J connectivity index is 0.00000280. The second kappa shape index (κ2) is 11.7. The van der Waals surface area contributed by atoms with Crippen LogP contribution >= 0.6 is 35.3 Å². The zero-order chi connectivity index (χ0) is 19.1. The molecule has 1 aromatic heterocycles. The molecule has 1 aliphatic carbocycles. The van der Waals surface area contributed by atoms with Crippen molar-refractivity contribution in [3.8, 4) is 0 Å². The van der Waals surface area contributed by atoms with E-state index in [4.69, 9.17) is 9.73 Å². The van der Waals surface area contributed by atoms with Crippen molar-refractivity contribution in [2.45, 2.75) is 58.5 Å². The minimum atomic E-state index is 0.